The average Bonchev–Trinajstić information content (AvgIpc) is 2.85. The number of halogens is 2. The minimum absolute atomic E-state index is 0.166. The Morgan fingerprint density at radius 1 is 1.25 bits per heavy atom. The number of benzene rings is 2. The summed E-state index contributed by atoms with van der Waals surface area (Å²) in [6.07, 6.45) is 1.42. The molecule has 1 saturated heterocycles. The fourth-order valence-electron chi connectivity index (χ4n) is 2.27. The number of carbonyl (C=O) groups excluding carboxylic acids is 1. The van der Waals surface area contributed by atoms with Gasteiger partial charge in [0.25, 0.3) is 5.91 Å². The first-order chi connectivity index (χ1) is 11.5. The zero-order valence-corrected chi connectivity index (χ0v) is 14.8. The van der Waals surface area contributed by atoms with Gasteiger partial charge in [0.15, 0.2) is 4.32 Å². The van der Waals surface area contributed by atoms with Crippen LogP contribution in [0, 0.1) is 5.82 Å². The van der Waals surface area contributed by atoms with Crippen molar-refractivity contribution in [1.29, 1.82) is 0 Å². The Kier molecular flexibility index (Phi) is 4.89. The Morgan fingerprint density at radius 3 is 2.71 bits per heavy atom. The van der Waals surface area contributed by atoms with Crippen LogP contribution >= 0.6 is 35.6 Å². The quantitative estimate of drug-likeness (QED) is 0.560. The molecule has 24 heavy (non-hydrogen) atoms. The third kappa shape index (κ3) is 3.05. The van der Waals surface area contributed by atoms with Gasteiger partial charge < -0.3 is 4.74 Å². The van der Waals surface area contributed by atoms with Crippen LogP contribution in [0.2, 0.25) is 5.02 Å². The van der Waals surface area contributed by atoms with Gasteiger partial charge in [-0.25, -0.2) is 4.39 Å². The number of thiocarbonyl (C=S) groups is 1. The van der Waals surface area contributed by atoms with Gasteiger partial charge in [-0.2, -0.15) is 0 Å². The second-order valence-electron chi connectivity index (χ2n) is 4.82. The van der Waals surface area contributed by atoms with Crippen molar-refractivity contribution in [2.24, 2.45) is 0 Å². The van der Waals surface area contributed by atoms with Crippen LogP contribution in [0.4, 0.5) is 10.1 Å². The second-order valence-corrected chi connectivity index (χ2v) is 6.91. The fourth-order valence-corrected chi connectivity index (χ4v) is 3.75. The van der Waals surface area contributed by atoms with E-state index < -0.39 is 5.82 Å². The number of anilines is 1. The Hall–Kier alpha value is -1.89. The molecule has 0 N–H and O–H groups in total. The summed E-state index contributed by atoms with van der Waals surface area (Å²) in [5.74, 6) is -0.308. The van der Waals surface area contributed by atoms with Crippen molar-refractivity contribution in [1.82, 2.24) is 0 Å². The number of methoxy groups -OCH3 is 1. The molecule has 0 aromatic heterocycles. The highest BCUT2D eigenvalue weighted by Gasteiger charge is 2.35. The van der Waals surface area contributed by atoms with Crippen LogP contribution in [0.15, 0.2) is 47.4 Å². The van der Waals surface area contributed by atoms with E-state index in [1.54, 1.807) is 30.3 Å². The third-order valence-electron chi connectivity index (χ3n) is 3.39. The molecule has 1 aliphatic rings. The largest absolute Gasteiger partial charge is 0.495 e. The van der Waals surface area contributed by atoms with Crippen molar-refractivity contribution < 1.29 is 13.9 Å². The molecule has 0 spiro atoms. The maximum Gasteiger partial charge on any atom is 0.270 e. The van der Waals surface area contributed by atoms with E-state index >= 15 is 0 Å². The van der Waals surface area contributed by atoms with Gasteiger partial charge in [0.1, 0.15) is 11.6 Å². The van der Waals surface area contributed by atoms with Crippen LogP contribution < -0.4 is 9.64 Å². The number of thioether (sulfide) groups is 1. The summed E-state index contributed by atoms with van der Waals surface area (Å²) in [5.41, 5.74) is 0.713. The molecule has 3 rings (SSSR count). The summed E-state index contributed by atoms with van der Waals surface area (Å²) in [4.78, 5) is 14.4. The molecule has 1 fully saturated rings. The van der Waals surface area contributed by atoms with Crippen LogP contribution in [0.25, 0.3) is 6.08 Å². The van der Waals surface area contributed by atoms with Crippen LogP contribution in [0.1, 0.15) is 5.56 Å². The molecule has 0 unspecified atom stereocenters. The Balaban J connectivity index is 2.02. The van der Waals surface area contributed by atoms with E-state index in [0.29, 0.717) is 20.7 Å². The van der Waals surface area contributed by atoms with Gasteiger partial charge in [-0.05, 0) is 30.3 Å². The van der Waals surface area contributed by atoms with Gasteiger partial charge in [-0.15, -0.1) is 0 Å². The number of carbonyl (C=O) groups is 1. The van der Waals surface area contributed by atoms with Crippen LogP contribution in [-0.2, 0) is 4.79 Å². The number of ether oxygens (including phenoxy) is 1. The van der Waals surface area contributed by atoms with Gasteiger partial charge in [0, 0.05) is 5.56 Å². The predicted molar refractivity (Wildman–Crippen MR) is 100 cm³/mol. The van der Waals surface area contributed by atoms with E-state index in [-0.39, 0.29) is 16.5 Å². The highest BCUT2D eigenvalue weighted by molar-refractivity contribution is 8.27. The lowest BCUT2D eigenvalue weighted by molar-refractivity contribution is -0.113. The topological polar surface area (TPSA) is 29.5 Å². The molecule has 122 valence electrons. The Morgan fingerprint density at radius 2 is 2.00 bits per heavy atom. The molecule has 1 aliphatic heterocycles. The highest BCUT2D eigenvalue weighted by Crippen LogP contribution is 2.40. The molecule has 2 aromatic rings. The number of para-hydroxylation sites is 2. The standard InChI is InChI=1S/C17H11ClFNO2S2/c1-22-14-8-3-2-7-13(14)20-16(21)15(24-17(20)23)9-10-11(18)5-4-6-12(10)19/h2-9H,1H3/b15-9+. The van der Waals surface area contributed by atoms with Gasteiger partial charge in [-0.3, -0.25) is 9.69 Å². The molecule has 0 bridgehead atoms. The SMILES string of the molecule is COc1ccccc1N1C(=O)/C(=C\c2c(F)cccc2Cl)SC1=S. The summed E-state index contributed by atoms with van der Waals surface area (Å²) in [7, 11) is 1.52. The summed E-state index contributed by atoms with van der Waals surface area (Å²) in [6.45, 7) is 0. The molecular formula is C17H11ClFNO2S2. The first-order valence-electron chi connectivity index (χ1n) is 6.88. The lowest BCUT2D eigenvalue weighted by Crippen LogP contribution is -2.27. The van der Waals surface area contributed by atoms with Crippen molar-refractivity contribution >= 4 is 57.6 Å². The Labute approximate surface area is 153 Å². The first-order valence-corrected chi connectivity index (χ1v) is 8.48. The average molecular weight is 380 g/mol. The minimum atomic E-state index is -0.495. The molecule has 1 amide bonds. The van der Waals surface area contributed by atoms with Gasteiger partial charge >= 0.3 is 0 Å². The van der Waals surface area contributed by atoms with E-state index in [2.05, 4.69) is 0 Å². The maximum absolute atomic E-state index is 14.0. The van der Waals surface area contributed by atoms with Crippen LogP contribution in [0.5, 0.6) is 5.75 Å². The van der Waals surface area contributed by atoms with Gasteiger partial charge in [0.2, 0.25) is 0 Å². The molecule has 2 aromatic carbocycles. The summed E-state index contributed by atoms with van der Waals surface area (Å²) < 4.78 is 19.6. The lowest BCUT2D eigenvalue weighted by Gasteiger charge is -2.17. The molecule has 7 heteroatoms. The molecule has 0 radical (unpaired) electrons. The Bertz CT molecular complexity index is 849. The number of amides is 1. The summed E-state index contributed by atoms with van der Waals surface area (Å²) >= 11 is 12.4. The molecule has 0 saturated carbocycles. The zero-order chi connectivity index (χ0) is 17.3. The molecule has 0 atom stereocenters. The number of rotatable bonds is 3. The highest BCUT2D eigenvalue weighted by atomic mass is 35.5. The van der Waals surface area contributed by atoms with Gasteiger partial charge in [0.05, 0.1) is 22.7 Å². The molecule has 0 aliphatic carbocycles. The molecule has 3 nitrogen and oxygen atoms in total. The second kappa shape index (κ2) is 6.93. The van der Waals surface area contributed by atoms with Gasteiger partial charge in [-0.1, -0.05) is 53.8 Å². The monoisotopic (exact) mass is 379 g/mol. The van der Waals surface area contributed by atoms with E-state index in [1.165, 1.54) is 30.2 Å². The van der Waals surface area contributed by atoms with Crippen molar-refractivity contribution in [3.05, 3.63) is 63.8 Å². The van der Waals surface area contributed by atoms with Crippen molar-refractivity contribution in [3.63, 3.8) is 0 Å². The fraction of sp³-hybridized carbons (Fsp3) is 0.0588. The van der Waals surface area contributed by atoms with E-state index in [0.717, 1.165) is 11.8 Å². The normalized spacial score (nSPS) is 16.1. The van der Waals surface area contributed by atoms with E-state index in [9.17, 15) is 9.18 Å². The maximum atomic E-state index is 14.0. The van der Waals surface area contributed by atoms with Crippen LogP contribution in [0.3, 0.4) is 0 Å². The number of hydrogen-bond acceptors (Lipinski definition) is 4. The zero-order valence-electron chi connectivity index (χ0n) is 12.5. The summed E-state index contributed by atoms with van der Waals surface area (Å²) in [6, 6.07) is 11.4. The van der Waals surface area contributed by atoms with E-state index in [4.69, 9.17) is 28.6 Å². The number of nitrogens with zero attached hydrogens (tertiary/aromatic N) is 1. The van der Waals surface area contributed by atoms with Crippen molar-refractivity contribution in [2.75, 3.05) is 12.0 Å². The first kappa shape index (κ1) is 17.0. The van der Waals surface area contributed by atoms with Crippen LogP contribution in [-0.4, -0.2) is 17.3 Å². The third-order valence-corrected chi connectivity index (χ3v) is 5.03. The lowest BCUT2D eigenvalue weighted by atomic mass is 10.2. The van der Waals surface area contributed by atoms with Crippen molar-refractivity contribution in [3.8, 4) is 5.75 Å². The minimum Gasteiger partial charge on any atom is -0.495 e. The predicted octanol–water partition coefficient (Wildman–Crippen LogP) is 4.89. The smallest absolute Gasteiger partial charge is 0.270 e. The molecule has 1 heterocycles. The number of hydrogen-bond donors (Lipinski definition) is 0. The van der Waals surface area contributed by atoms with Crippen molar-refractivity contribution in [2.45, 2.75) is 0 Å². The molecular weight excluding hydrogens is 369 g/mol. The van der Waals surface area contributed by atoms with E-state index in [1.807, 2.05) is 0 Å². The summed E-state index contributed by atoms with van der Waals surface area (Å²) in [5, 5.41) is 0.234.